The molecule has 2 aliphatic rings. The van der Waals surface area contributed by atoms with Crippen LogP contribution in [0, 0.1) is 6.92 Å². The molecule has 27 heavy (non-hydrogen) atoms. The second kappa shape index (κ2) is 7.82. The van der Waals surface area contributed by atoms with Gasteiger partial charge in [-0.1, -0.05) is 6.07 Å². The topological polar surface area (TPSA) is 65.6 Å². The molecule has 144 valence electrons. The molecule has 6 heteroatoms. The molecule has 0 bridgehead atoms. The van der Waals surface area contributed by atoms with E-state index in [2.05, 4.69) is 9.88 Å². The van der Waals surface area contributed by atoms with E-state index in [1.807, 2.05) is 17.9 Å². The van der Waals surface area contributed by atoms with Gasteiger partial charge in [0.1, 0.15) is 0 Å². The number of aryl methyl sites for hydroxylation is 1. The molecule has 2 fully saturated rings. The van der Waals surface area contributed by atoms with Gasteiger partial charge in [0, 0.05) is 49.4 Å². The summed E-state index contributed by atoms with van der Waals surface area (Å²) in [6.07, 6.45) is 3.22. The van der Waals surface area contributed by atoms with E-state index in [0.29, 0.717) is 16.5 Å². The van der Waals surface area contributed by atoms with Gasteiger partial charge < -0.3 is 14.6 Å². The van der Waals surface area contributed by atoms with Gasteiger partial charge in [0.25, 0.3) is 5.91 Å². The number of rotatable bonds is 3. The van der Waals surface area contributed by atoms with E-state index in [1.54, 1.807) is 18.2 Å². The molecule has 6 nitrogen and oxygen atoms in total. The second-order valence-electron chi connectivity index (χ2n) is 7.61. The summed E-state index contributed by atoms with van der Waals surface area (Å²) in [6, 6.07) is 7.22. The van der Waals surface area contributed by atoms with E-state index >= 15 is 0 Å². The van der Waals surface area contributed by atoms with Crippen LogP contribution in [0.4, 0.5) is 0 Å². The normalized spacial score (nSPS) is 21.5. The highest BCUT2D eigenvalue weighted by Crippen LogP contribution is 2.23. The SMILES string of the molecule is Cc1cc(=O)c2cccc(C(=O)N3CCCC[C@H]3CN3CCOCC3)c2[nH]1. The van der Waals surface area contributed by atoms with Crippen molar-refractivity contribution in [1.82, 2.24) is 14.8 Å². The number of hydrogen-bond donors (Lipinski definition) is 1. The van der Waals surface area contributed by atoms with Crippen molar-refractivity contribution in [3.8, 4) is 0 Å². The Morgan fingerprint density at radius 2 is 2.04 bits per heavy atom. The number of H-pyrrole nitrogens is 1. The van der Waals surface area contributed by atoms with Crippen LogP contribution in [0.5, 0.6) is 0 Å². The Kier molecular flexibility index (Phi) is 5.27. The quantitative estimate of drug-likeness (QED) is 0.900. The first-order valence-corrected chi connectivity index (χ1v) is 9.87. The van der Waals surface area contributed by atoms with E-state index in [4.69, 9.17) is 4.74 Å². The Morgan fingerprint density at radius 3 is 2.85 bits per heavy atom. The maximum atomic E-state index is 13.4. The lowest BCUT2D eigenvalue weighted by Crippen LogP contribution is -2.51. The number of nitrogens with zero attached hydrogens (tertiary/aromatic N) is 2. The van der Waals surface area contributed by atoms with Gasteiger partial charge in [-0.15, -0.1) is 0 Å². The maximum absolute atomic E-state index is 13.4. The zero-order chi connectivity index (χ0) is 18.8. The van der Waals surface area contributed by atoms with Gasteiger partial charge in [-0.05, 0) is 38.3 Å². The van der Waals surface area contributed by atoms with Gasteiger partial charge in [0.15, 0.2) is 5.43 Å². The van der Waals surface area contributed by atoms with Crippen LogP contribution >= 0.6 is 0 Å². The van der Waals surface area contributed by atoms with Crippen LogP contribution < -0.4 is 5.43 Å². The molecule has 1 aromatic carbocycles. The fourth-order valence-electron chi connectivity index (χ4n) is 4.27. The number of piperidine rings is 1. The van der Waals surface area contributed by atoms with Crippen LogP contribution in [0.2, 0.25) is 0 Å². The van der Waals surface area contributed by atoms with Crippen LogP contribution in [0.15, 0.2) is 29.1 Å². The minimum Gasteiger partial charge on any atom is -0.379 e. The molecule has 0 unspecified atom stereocenters. The van der Waals surface area contributed by atoms with Crippen LogP contribution in [0.25, 0.3) is 10.9 Å². The highest BCUT2D eigenvalue weighted by molar-refractivity contribution is 6.05. The van der Waals surface area contributed by atoms with Crippen LogP contribution in [0.3, 0.4) is 0 Å². The average molecular weight is 369 g/mol. The number of hydrogen-bond acceptors (Lipinski definition) is 4. The zero-order valence-electron chi connectivity index (χ0n) is 15.9. The minimum absolute atomic E-state index is 0.0276. The lowest BCUT2D eigenvalue weighted by Gasteiger charge is -2.39. The van der Waals surface area contributed by atoms with E-state index in [9.17, 15) is 9.59 Å². The number of pyridine rings is 1. The molecule has 4 rings (SSSR count). The summed E-state index contributed by atoms with van der Waals surface area (Å²) in [5, 5.41) is 0.577. The second-order valence-corrected chi connectivity index (χ2v) is 7.61. The number of benzene rings is 1. The fourth-order valence-corrected chi connectivity index (χ4v) is 4.27. The van der Waals surface area contributed by atoms with Crippen molar-refractivity contribution in [2.75, 3.05) is 39.4 Å². The number of aromatic nitrogens is 1. The number of likely N-dealkylation sites (tertiary alicyclic amines) is 1. The molecule has 2 aliphatic heterocycles. The van der Waals surface area contributed by atoms with Crippen LogP contribution in [-0.4, -0.2) is 66.1 Å². The summed E-state index contributed by atoms with van der Waals surface area (Å²) in [5.74, 6) is 0.0276. The molecule has 0 radical (unpaired) electrons. The van der Waals surface area contributed by atoms with Gasteiger partial charge >= 0.3 is 0 Å². The first-order valence-electron chi connectivity index (χ1n) is 9.87. The predicted octanol–water partition coefficient (Wildman–Crippen LogP) is 2.16. The first kappa shape index (κ1) is 18.2. The largest absolute Gasteiger partial charge is 0.379 e. The molecule has 3 heterocycles. The number of fused-ring (bicyclic) bond motifs is 1. The van der Waals surface area contributed by atoms with E-state index in [0.717, 1.165) is 64.3 Å². The van der Waals surface area contributed by atoms with Crippen LogP contribution in [0.1, 0.15) is 35.3 Å². The first-order chi connectivity index (χ1) is 13.1. The third-order valence-corrected chi connectivity index (χ3v) is 5.69. The standard InChI is InChI=1S/C21H27N3O3/c1-15-13-19(25)17-6-4-7-18(20(17)22-15)21(26)24-8-3-2-5-16(24)14-23-9-11-27-12-10-23/h4,6-7,13,16H,2-3,5,8-12,14H2,1H3,(H,22,25)/t16-/m0/s1. The highest BCUT2D eigenvalue weighted by Gasteiger charge is 2.30. The number of nitrogens with one attached hydrogen (secondary N) is 1. The Bertz CT molecular complexity index is 886. The van der Waals surface area contributed by atoms with Crippen molar-refractivity contribution in [2.45, 2.75) is 32.2 Å². The molecular weight excluding hydrogens is 342 g/mol. The predicted molar refractivity (Wildman–Crippen MR) is 105 cm³/mol. The minimum atomic E-state index is -0.0422. The lowest BCUT2D eigenvalue weighted by atomic mass is 9.99. The van der Waals surface area contributed by atoms with Crippen molar-refractivity contribution in [3.63, 3.8) is 0 Å². The van der Waals surface area contributed by atoms with Crippen molar-refractivity contribution >= 4 is 16.8 Å². The average Bonchev–Trinajstić information content (AvgIpc) is 2.68. The molecule has 1 aromatic heterocycles. The number of carbonyl (C=O) groups excluding carboxylic acids is 1. The Balaban J connectivity index is 1.64. The Labute approximate surface area is 159 Å². The number of ether oxygens (including phenoxy) is 1. The molecule has 0 spiro atoms. The summed E-state index contributed by atoms with van der Waals surface area (Å²) in [4.78, 5) is 33.4. The van der Waals surface area contributed by atoms with Crippen molar-refractivity contribution < 1.29 is 9.53 Å². The van der Waals surface area contributed by atoms with E-state index < -0.39 is 0 Å². The van der Waals surface area contributed by atoms with Gasteiger partial charge in [-0.3, -0.25) is 14.5 Å². The van der Waals surface area contributed by atoms with E-state index in [-0.39, 0.29) is 17.4 Å². The molecule has 0 saturated carbocycles. The molecule has 1 amide bonds. The molecular formula is C21H27N3O3. The number of para-hydroxylation sites is 1. The number of amides is 1. The van der Waals surface area contributed by atoms with Gasteiger partial charge in [-0.2, -0.15) is 0 Å². The summed E-state index contributed by atoms with van der Waals surface area (Å²) >= 11 is 0. The Hall–Kier alpha value is -2.18. The Morgan fingerprint density at radius 1 is 1.22 bits per heavy atom. The molecule has 2 aromatic rings. The van der Waals surface area contributed by atoms with Gasteiger partial charge in [0.05, 0.1) is 24.3 Å². The third-order valence-electron chi connectivity index (χ3n) is 5.69. The van der Waals surface area contributed by atoms with Crippen molar-refractivity contribution in [2.24, 2.45) is 0 Å². The maximum Gasteiger partial charge on any atom is 0.256 e. The monoisotopic (exact) mass is 369 g/mol. The molecule has 2 saturated heterocycles. The van der Waals surface area contributed by atoms with Gasteiger partial charge in [0.2, 0.25) is 0 Å². The number of carbonyl (C=O) groups is 1. The fraction of sp³-hybridized carbons (Fsp3) is 0.524. The smallest absolute Gasteiger partial charge is 0.256 e. The molecule has 1 atom stereocenters. The van der Waals surface area contributed by atoms with E-state index in [1.165, 1.54) is 0 Å². The number of aromatic amines is 1. The lowest BCUT2D eigenvalue weighted by molar-refractivity contribution is 0.0166. The van der Waals surface area contributed by atoms with Crippen molar-refractivity contribution in [3.05, 3.63) is 45.7 Å². The third kappa shape index (κ3) is 3.77. The molecule has 1 N–H and O–H groups in total. The summed E-state index contributed by atoms with van der Waals surface area (Å²) in [5.41, 5.74) is 1.99. The summed E-state index contributed by atoms with van der Waals surface area (Å²) < 4.78 is 5.45. The van der Waals surface area contributed by atoms with Crippen molar-refractivity contribution in [1.29, 1.82) is 0 Å². The van der Waals surface area contributed by atoms with Gasteiger partial charge in [-0.25, -0.2) is 0 Å². The summed E-state index contributed by atoms with van der Waals surface area (Å²) in [6.45, 7) is 6.92. The number of morpholine rings is 1. The zero-order valence-corrected chi connectivity index (χ0v) is 15.9. The highest BCUT2D eigenvalue weighted by atomic mass is 16.5. The van der Waals surface area contributed by atoms with Crippen LogP contribution in [-0.2, 0) is 4.74 Å². The summed E-state index contributed by atoms with van der Waals surface area (Å²) in [7, 11) is 0. The molecule has 0 aliphatic carbocycles.